The number of rotatable bonds is 4. The fourth-order valence-electron chi connectivity index (χ4n) is 3.11. The zero-order valence-corrected chi connectivity index (χ0v) is 15.0. The Kier molecular flexibility index (Phi) is 5.39. The summed E-state index contributed by atoms with van der Waals surface area (Å²) in [5, 5.41) is 18.0. The number of aliphatic hydroxyl groups is 1. The fraction of sp³-hybridized carbons (Fsp3) is 0.368. The molecule has 7 heteroatoms. The Bertz CT molecular complexity index is 809. The number of nitrogens with zero attached hydrogens (tertiary/aromatic N) is 2. The molecule has 4 N–H and O–H groups in total. The van der Waals surface area contributed by atoms with Crippen molar-refractivity contribution >= 4 is 11.7 Å². The van der Waals surface area contributed by atoms with Gasteiger partial charge in [0.2, 0.25) is 0 Å². The van der Waals surface area contributed by atoms with E-state index in [-0.39, 0.29) is 12.6 Å². The van der Waals surface area contributed by atoms with Gasteiger partial charge < -0.3 is 25.2 Å². The van der Waals surface area contributed by atoms with E-state index >= 15 is 0 Å². The van der Waals surface area contributed by atoms with Crippen LogP contribution in [0.15, 0.2) is 30.3 Å². The molecule has 3 rings (SSSR count). The number of hydrogen-bond donors (Lipinski definition) is 3. The standard InChI is InChI=1S/C19H24N4O3/c1-12-11-26-8-7-23(12)19(21)15-4-5-16(22-18(15)20)13-3-6-17(25-2)14(9-13)10-24/h3-6,9,12,21,24H,7-8,10-11H2,1-2H3,(H2,20,22). The summed E-state index contributed by atoms with van der Waals surface area (Å²) in [5.41, 5.74) is 8.97. The predicted octanol–water partition coefficient (Wildman–Crippen LogP) is 1.88. The number of benzene rings is 1. The van der Waals surface area contributed by atoms with E-state index in [1.165, 1.54) is 0 Å². The van der Waals surface area contributed by atoms with Crippen LogP contribution >= 0.6 is 0 Å². The second kappa shape index (κ2) is 7.72. The summed E-state index contributed by atoms with van der Waals surface area (Å²) < 4.78 is 10.7. The predicted molar refractivity (Wildman–Crippen MR) is 100 cm³/mol. The number of nitrogen functional groups attached to an aromatic ring is 1. The lowest BCUT2D eigenvalue weighted by atomic mass is 10.1. The highest BCUT2D eigenvalue weighted by Gasteiger charge is 2.24. The van der Waals surface area contributed by atoms with E-state index in [2.05, 4.69) is 4.98 Å². The van der Waals surface area contributed by atoms with Gasteiger partial charge in [0.05, 0.1) is 44.2 Å². The van der Waals surface area contributed by atoms with Gasteiger partial charge in [-0.25, -0.2) is 4.98 Å². The number of morpholine rings is 1. The summed E-state index contributed by atoms with van der Waals surface area (Å²) in [6, 6.07) is 9.29. The molecular weight excluding hydrogens is 332 g/mol. The van der Waals surface area contributed by atoms with E-state index in [1.54, 1.807) is 13.2 Å². The lowest BCUT2D eigenvalue weighted by Crippen LogP contribution is -2.47. The highest BCUT2D eigenvalue weighted by Crippen LogP contribution is 2.27. The zero-order chi connectivity index (χ0) is 18.7. The second-order valence-electron chi connectivity index (χ2n) is 6.28. The largest absolute Gasteiger partial charge is 0.496 e. The van der Waals surface area contributed by atoms with Crippen LogP contribution < -0.4 is 10.5 Å². The summed E-state index contributed by atoms with van der Waals surface area (Å²) in [5.74, 6) is 1.31. The van der Waals surface area contributed by atoms with Crippen LogP contribution in [0, 0.1) is 5.41 Å². The molecule has 138 valence electrons. The molecule has 1 aromatic heterocycles. The van der Waals surface area contributed by atoms with Gasteiger partial charge in [0, 0.05) is 17.7 Å². The highest BCUT2D eigenvalue weighted by atomic mass is 16.5. The van der Waals surface area contributed by atoms with Crippen molar-refractivity contribution in [3.63, 3.8) is 0 Å². The molecular formula is C19H24N4O3. The van der Waals surface area contributed by atoms with Crippen molar-refractivity contribution in [2.75, 3.05) is 32.6 Å². The van der Waals surface area contributed by atoms with Crippen molar-refractivity contribution in [3.8, 4) is 17.0 Å². The number of nitrogens with one attached hydrogen (secondary N) is 1. The molecule has 0 radical (unpaired) electrons. The van der Waals surface area contributed by atoms with Crippen LogP contribution in [0.2, 0.25) is 0 Å². The van der Waals surface area contributed by atoms with Crippen molar-refractivity contribution in [3.05, 3.63) is 41.5 Å². The lowest BCUT2D eigenvalue weighted by Gasteiger charge is -2.35. The normalized spacial score (nSPS) is 17.2. The Labute approximate surface area is 152 Å². The molecule has 7 nitrogen and oxygen atoms in total. The number of amidine groups is 1. The second-order valence-corrected chi connectivity index (χ2v) is 6.28. The van der Waals surface area contributed by atoms with Crippen molar-refractivity contribution in [2.45, 2.75) is 19.6 Å². The summed E-state index contributed by atoms with van der Waals surface area (Å²) in [6.45, 7) is 3.78. The molecule has 0 saturated carbocycles. The Morgan fingerprint density at radius 3 is 2.88 bits per heavy atom. The summed E-state index contributed by atoms with van der Waals surface area (Å²) in [6.07, 6.45) is 0. The average Bonchev–Trinajstić information content (AvgIpc) is 2.67. The third-order valence-electron chi connectivity index (χ3n) is 4.58. The maximum atomic E-state index is 9.49. The average molecular weight is 356 g/mol. The number of nitrogens with two attached hydrogens (primary N) is 1. The van der Waals surface area contributed by atoms with E-state index in [0.717, 1.165) is 5.56 Å². The molecule has 1 aliphatic heterocycles. The van der Waals surface area contributed by atoms with Crippen LogP contribution in [0.25, 0.3) is 11.3 Å². The number of ether oxygens (including phenoxy) is 2. The molecule has 0 amide bonds. The molecule has 1 aromatic carbocycles. The van der Waals surface area contributed by atoms with Gasteiger partial charge in [-0.05, 0) is 37.3 Å². The first-order chi connectivity index (χ1) is 12.5. The van der Waals surface area contributed by atoms with Gasteiger partial charge in [-0.2, -0.15) is 0 Å². The van der Waals surface area contributed by atoms with Crippen LogP contribution in [0.4, 0.5) is 5.82 Å². The molecule has 1 atom stereocenters. The summed E-state index contributed by atoms with van der Waals surface area (Å²) in [4.78, 5) is 6.45. The van der Waals surface area contributed by atoms with Gasteiger partial charge in [-0.15, -0.1) is 0 Å². The lowest BCUT2D eigenvalue weighted by molar-refractivity contribution is 0.0331. The summed E-state index contributed by atoms with van der Waals surface area (Å²) in [7, 11) is 1.57. The van der Waals surface area contributed by atoms with Gasteiger partial charge in [0.15, 0.2) is 0 Å². The molecule has 1 aliphatic rings. The SMILES string of the molecule is COc1ccc(-c2ccc(C(=N)N3CCOCC3C)c(N)n2)cc1CO. The molecule has 2 heterocycles. The Balaban J connectivity index is 1.89. The van der Waals surface area contributed by atoms with Crippen LogP contribution in [-0.2, 0) is 11.3 Å². The molecule has 26 heavy (non-hydrogen) atoms. The van der Waals surface area contributed by atoms with Gasteiger partial charge >= 0.3 is 0 Å². The molecule has 1 saturated heterocycles. The van der Waals surface area contributed by atoms with Crippen molar-refractivity contribution in [2.24, 2.45) is 0 Å². The monoisotopic (exact) mass is 356 g/mol. The molecule has 1 fully saturated rings. The fourth-order valence-corrected chi connectivity index (χ4v) is 3.11. The van der Waals surface area contributed by atoms with E-state index < -0.39 is 0 Å². The first kappa shape index (κ1) is 18.2. The van der Waals surface area contributed by atoms with Gasteiger partial charge in [0.25, 0.3) is 0 Å². The topological polar surface area (TPSA) is 105 Å². The van der Waals surface area contributed by atoms with Gasteiger partial charge in [0.1, 0.15) is 17.4 Å². The van der Waals surface area contributed by atoms with Crippen molar-refractivity contribution < 1.29 is 14.6 Å². The summed E-state index contributed by atoms with van der Waals surface area (Å²) >= 11 is 0. The molecule has 0 bridgehead atoms. The van der Waals surface area contributed by atoms with Crippen LogP contribution in [0.3, 0.4) is 0 Å². The number of anilines is 1. The van der Waals surface area contributed by atoms with Crippen molar-refractivity contribution in [1.29, 1.82) is 5.41 Å². The number of aliphatic hydroxyl groups excluding tert-OH is 1. The van der Waals surface area contributed by atoms with E-state index in [4.69, 9.17) is 20.6 Å². The first-order valence-electron chi connectivity index (χ1n) is 8.53. The highest BCUT2D eigenvalue weighted by molar-refractivity contribution is 6.00. The molecule has 0 spiro atoms. The smallest absolute Gasteiger partial charge is 0.135 e. The third kappa shape index (κ3) is 3.49. The molecule has 1 unspecified atom stereocenters. The minimum absolute atomic E-state index is 0.121. The number of pyridine rings is 1. The Morgan fingerprint density at radius 1 is 1.42 bits per heavy atom. The zero-order valence-electron chi connectivity index (χ0n) is 15.0. The quantitative estimate of drug-likeness (QED) is 0.571. The maximum Gasteiger partial charge on any atom is 0.135 e. The first-order valence-corrected chi connectivity index (χ1v) is 8.53. The minimum Gasteiger partial charge on any atom is -0.496 e. The van der Waals surface area contributed by atoms with Crippen molar-refractivity contribution in [1.82, 2.24) is 9.88 Å². The van der Waals surface area contributed by atoms with E-state index in [9.17, 15) is 5.11 Å². The number of hydrogen-bond acceptors (Lipinski definition) is 6. The Morgan fingerprint density at radius 2 is 2.23 bits per heavy atom. The molecule has 2 aromatic rings. The maximum absolute atomic E-state index is 9.49. The van der Waals surface area contributed by atoms with E-state index in [1.807, 2.05) is 36.1 Å². The minimum atomic E-state index is -0.121. The number of aromatic nitrogens is 1. The Hall–Kier alpha value is -2.64. The van der Waals surface area contributed by atoms with Gasteiger partial charge in [-0.3, -0.25) is 5.41 Å². The number of methoxy groups -OCH3 is 1. The van der Waals surface area contributed by atoms with Crippen LogP contribution in [0.1, 0.15) is 18.1 Å². The van der Waals surface area contributed by atoms with Crippen LogP contribution in [-0.4, -0.2) is 53.7 Å². The van der Waals surface area contributed by atoms with Crippen LogP contribution in [0.5, 0.6) is 5.75 Å². The van der Waals surface area contributed by atoms with Gasteiger partial charge in [-0.1, -0.05) is 0 Å². The molecule has 0 aliphatic carbocycles. The third-order valence-corrected chi connectivity index (χ3v) is 4.58. The van der Waals surface area contributed by atoms with E-state index in [0.29, 0.717) is 54.0 Å².